The van der Waals surface area contributed by atoms with Crippen molar-refractivity contribution in [3.8, 4) is 0 Å². The van der Waals surface area contributed by atoms with E-state index in [-0.39, 0.29) is 11.9 Å². The summed E-state index contributed by atoms with van der Waals surface area (Å²) in [6.45, 7) is 1.94. The van der Waals surface area contributed by atoms with E-state index >= 15 is 0 Å². The minimum absolute atomic E-state index is 0.0305. The highest BCUT2D eigenvalue weighted by molar-refractivity contribution is 7.71. The Morgan fingerprint density at radius 1 is 1.35 bits per heavy atom. The number of hydrogen-bond acceptors (Lipinski definition) is 2. The third-order valence-electron chi connectivity index (χ3n) is 2.92. The molecular formula is C15H15ClN2OS. The first kappa shape index (κ1) is 14.8. The molecule has 2 N–H and O–H groups in total. The molecule has 5 heteroatoms. The van der Waals surface area contributed by atoms with Gasteiger partial charge in [-0.2, -0.15) is 0 Å². The largest absolute Gasteiger partial charge is 0.352 e. The Kier molecular flexibility index (Phi) is 4.93. The van der Waals surface area contributed by atoms with E-state index < -0.39 is 0 Å². The molecule has 0 aliphatic rings. The molecule has 1 heterocycles. The van der Waals surface area contributed by atoms with Gasteiger partial charge < -0.3 is 10.3 Å². The van der Waals surface area contributed by atoms with Crippen LogP contribution < -0.4 is 5.32 Å². The van der Waals surface area contributed by atoms with Crippen molar-refractivity contribution in [2.24, 2.45) is 0 Å². The van der Waals surface area contributed by atoms with Gasteiger partial charge in [0.05, 0.1) is 5.56 Å². The molecule has 2 rings (SSSR count). The molecule has 0 unspecified atom stereocenters. The van der Waals surface area contributed by atoms with Crippen molar-refractivity contribution in [3.63, 3.8) is 0 Å². The van der Waals surface area contributed by atoms with Crippen molar-refractivity contribution in [2.45, 2.75) is 19.4 Å². The molecule has 1 aromatic carbocycles. The Bertz CT molecular complexity index is 669. The molecule has 0 aliphatic carbocycles. The fourth-order valence-corrected chi connectivity index (χ4v) is 2.39. The number of aromatic nitrogens is 1. The molecule has 20 heavy (non-hydrogen) atoms. The topological polar surface area (TPSA) is 44.9 Å². The normalized spacial score (nSPS) is 11.9. The van der Waals surface area contributed by atoms with E-state index in [0.717, 1.165) is 5.56 Å². The number of benzene rings is 1. The van der Waals surface area contributed by atoms with Crippen LogP contribution in [0.1, 0.15) is 22.8 Å². The van der Waals surface area contributed by atoms with E-state index in [1.165, 1.54) is 0 Å². The number of halogens is 1. The fraction of sp³-hybridized carbons (Fsp3) is 0.200. The van der Waals surface area contributed by atoms with Crippen LogP contribution >= 0.6 is 23.8 Å². The lowest BCUT2D eigenvalue weighted by molar-refractivity contribution is 0.0939. The Labute approximate surface area is 128 Å². The summed E-state index contributed by atoms with van der Waals surface area (Å²) < 4.78 is 0.440. The van der Waals surface area contributed by atoms with Crippen LogP contribution in [0.25, 0.3) is 0 Å². The molecule has 104 valence electrons. The van der Waals surface area contributed by atoms with Crippen LogP contribution in [0.3, 0.4) is 0 Å². The summed E-state index contributed by atoms with van der Waals surface area (Å²) in [7, 11) is 0. The van der Waals surface area contributed by atoms with Gasteiger partial charge in [-0.15, -0.1) is 0 Å². The van der Waals surface area contributed by atoms with Gasteiger partial charge in [-0.1, -0.05) is 42.0 Å². The number of amides is 1. The molecule has 1 aromatic heterocycles. The van der Waals surface area contributed by atoms with E-state index in [1.54, 1.807) is 18.3 Å². The van der Waals surface area contributed by atoms with Gasteiger partial charge in [-0.3, -0.25) is 4.79 Å². The lowest BCUT2D eigenvalue weighted by atomic mass is 10.1. The van der Waals surface area contributed by atoms with Crippen molar-refractivity contribution >= 4 is 29.7 Å². The van der Waals surface area contributed by atoms with Crippen molar-refractivity contribution in [1.29, 1.82) is 0 Å². The molecule has 1 atom stereocenters. The third kappa shape index (κ3) is 3.68. The lowest BCUT2D eigenvalue weighted by Crippen LogP contribution is -2.34. The highest BCUT2D eigenvalue weighted by atomic mass is 35.5. The SMILES string of the molecule is C[C@@H](Cc1ccccc1Cl)NC(=O)c1ccc[nH]c1=S. The molecule has 0 aliphatic heterocycles. The third-order valence-corrected chi connectivity index (χ3v) is 3.63. The molecule has 0 fully saturated rings. The Hall–Kier alpha value is -1.65. The maximum atomic E-state index is 12.1. The minimum atomic E-state index is -0.175. The smallest absolute Gasteiger partial charge is 0.254 e. The molecule has 3 nitrogen and oxygen atoms in total. The lowest BCUT2D eigenvalue weighted by Gasteiger charge is -2.14. The number of hydrogen-bond donors (Lipinski definition) is 2. The van der Waals surface area contributed by atoms with Gasteiger partial charge in [0.15, 0.2) is 0 Å². The standard InChI is InChI=1S/C15H15ClN2OS/c1-10(9-11-5-2-3-7-13(11)16)18-14(19)12-6-4-8-17-15(12)20/h2-8,10H,9H2,1H3,(H,17,20)(H,18,19)/t10-/m0/s1. The van der Waals surface area contributed by atoms with Crippen LogP contribution in [0, 0.1) is 4.64 Å². The highest BCUT2D eigenvalue weighted by Gasteiger charge is 2.12. The van der Waals surface area contributed by atoms with Crippen molar-refractivity contribution in [2.75, 3.05) is 0 Å². The van der Waals surface area contributed by atoms with Crippen LogP contribution in [0.5, 0.6) is 0 Å². The zero-order valence-corrected chi connectivity index (χ0v) is 12.6. The minimum Gasteiger partial charge on any atom is -0.352 e. The Balaban J connectivity index is 2.04. The summed E-state index contributed by atoms with van der Waals surface area (Å²) in [5, 5.41) is 3.64. The van der Waals surface area contributed by atoms with Crippen molar-refractivity contribution in [3.05, 3.63) is 63.4 Å². The van der Waals surface area contributed by atoms with Gasteiger partial charge in [-0.25, -0.2) is 0 Å². The van der Waals surface area contributed by atoms with Crippen molar-refractivity contribution in [1.82, 2.24) is 10.3 Å². The molecular weight excluding hydrogens is 292 g/mol. The average molecular weight is 307 g/mol. The monoisotopic (exact) mass is 306 g/mol. The first-order valence-corrected chi connectivity index (χ1v) is 7.08. The maximum Gasteiger partial charge on any atom is 0.254 e. The highest BCUT2D eigenvalue weighted by Crippen LogP contribution is 2.16. The first-order valence-electron chi connectivity index (χ1n) is 6.30. The number of nitrogens with one attached hydrogen (secondary N) is 2. The number of aromatic amines is 1. The summed E-state index contributed by atoms with van der Waals surface area (Å²) in [6, 6.07) is 11.1. The van der Waals surface area contributed by atoms with E-state index in [4.69, 9.17) is 23.8 Å². The molecule has 0 bridgehead atoms. The number of rotatable bonds is 4. The summed E-state index contributed by atoms with van der Waals surface area (Å²) in [6.07, 6.45) is 2.38. The Morgan fingerprint density at radius 3 is 2.80 bits per heavy atom. The molecule has 0 saturated heterocycles. The van der Waals surface area contributed by atoms with Crippen LogP contribution in [-0.4, -0.2) is 16.9 Å². The van der Waals surface area contributed by atoms with Gasteiger partial charge in [0, 0.05) is 17.3 Å². The quantitative estimate of drug-likeness (QED) is 0.845. The molecule has 2 aromatic rings. The number of carbonyl (C=O) groups excluding carboxylic acids is 1. The van der Waals surface area contributed by atoms with E-state index in [0.29, 0.717) is 21.6 Å². The zero-order chi connectivity index (χ0) is 14.5. The summed E-state index contributed by atoms with van der Waals surface area (Å²) in [5.41, 5.74) is 1.49. The van der Waals surface area contributed by atoms with Gasteiger partial charge in [-0.05, 0) is 37.1 Å². The van der Waals surface area contributed by atoms with Crippen LogP contribution in [0.4, 0.5) is 0 Å². The van der Waals surface area contributed by atoms with E-state index in [2.05, 4.69) is 10.3 Å². The van der Waals surface area contributed by atoms with Gasteiger partial charge in [0.1, 0.15) is 4.64 Å². The molecule has 0 saturated carbocycles. The number of H-pyrrole nitrogens is 1. The fourth-order valence-electron chi connectivity index (χ4n) is 1.95. The van der Waals surface area contributed by atoms with E-state index in [9.17, 15) is 4.79 Å². The Morgan fingerprint density at radius 2 is 2.10 bits per heavy atom. The van der Waals surface area contributed by atoms with Gasteiger partial charge in [0.25, 0.3) is 5.91 Å². The number of pyridine rings is 1. The first-order chi connectivity index (χ1) is 9.58. The predicted molar refractivity (Wildman–Crippen MR) is 83.7 cm³/mol. The van der Waals surface area contributed by atoms with Crippen molar-refractivity contribution < 1.29 is 4.79 Å². The average Bonchev–Trinajstić information content (AvgIpc) is 2.41. The van der Waals surface area contributed by atoms with Crippen LogP contribution in [0.15, 0.2) is 42.6 Å². The van der Waals surface area contributed by atoms with E-state index in [1.807, 2.05) is 31.2 Å². The summed E-state index contributed by atoms with van der Waals surface area (Å²) >= 11 is 11.2. The molecule has 0 radical (unpaired) electrons. The van der Waals surface area contributed by atoms with Crippen LogP contribution in [0.2, 0.25) is 5.02 Å². The molecule has 0 spiro atoms. The molecule has 1 amide bonds. The van der Waals surface area contributed by atoms with Crippen LogP contribution in [-0.2, 0) is 6.42 Å². The number of carbonyl (C=O) groups is 1. The zero-order valence-electron chi connectivity index (χ0n) is 11.0. The second-order valence-corrected chi connectivity index (χ2v) is 5.40. The second-order valence-electron chi connectivity index (χ2n) is 4.58. The maximum absolute atomic E-state index is 12.1. The second kappa shape index (κ2) is 6.68. The predicted octanol–water partition coefficient (Wildman–Crippen LogP) is 3.76. The summed E-state index contributed by atoms with van der Waals surface area (Å²) in [5.74, 6) is -0.175. The van der Waals surface area contributed by atoms with Gasteiger partial charge in [0.2, 0.25) is 0 Å². The van der Waals surface area contributed by atoms with Gasteiger partial charge >= 0.3 is 0 Å². The summed E-state index contributed by atoms with van der Waals surface area (Å²) in [4.78, 5) is 15.0.